The highest BCUT2D eigenvalue weighted by molar-refractivity contribution is 7.10. The lowest BCUT2D eigenvalue weighted by Gasteiger charge is -2.21. The van der Waals surface area contributed by atoms with Gasteiger partial charge in [0.25, 0.3) is 0 Å². The number of nitrogens with zero attached hydrogens (tertiary/aromatic N) is 4. The summed E-state index contributed by atoms with van der Waals surface area (Å²) in [6.45, 7) is 4.04. The van der Waals surface area contributed by atoms with Gasteiger partial charge in [-0.1, -0.05) is 13.0 Å². The number of rotatable bonds is 7. The highest BCUT2D eigenvalue weighted by Gasteiger charge is 2.20. The molecule has 2 aromatic rings. The van der Waals surface area contributed by atoms with Crippen LogP contribution in [0.25, 0.3) is 11.3 Å². The molecule has 0 radical (unpaired) electrons. The summed E-state index contributed by atoms with van der Waals surface area (Å²) in [5.41, 5.74) is 7.90. The van der Waals surface area contributed by atoms with Gasteiger partial charge < -0.3 is 16.9 Å². The van der Waals surface area contributed by atoms with Crippen LogP contribution in [0.1, 0.15) is 42.7 Å². The number of hydrogen-bond acceptors (Lipinski definition) is 8. The molecular weight excluding hydrogens is 415 g/mol. The minimum absolute atomic E-state index is 0.0413. The summed E-state index contributed by atoms with van der Waals surface area (Å²) in [6.07, 6.45) is 9.05. The summed E-state index contributed by atoms with van der Waals surface area (Å²) in [5.74, 6) is 12.1. The van der Waals surface area contributed by atoms with E-state index in [2.05, 4.69) is 31.8 Å². The van der Waals surface area contributed by atoms with E-state index in [-0.39, 0.29) is 23.9 Å². The summed E-state index contributed by atoms with van der Waals surface area (Å²) < 4.78 is 13.8. The molecule has 1 aliphatic heterocycles. The lowest BCUT2D eigenvalue weighted by atomic mass is 9.96. The minimum Gasteiger partial charge on any atom is -0.382 e. The van der Waals surface area contributed by atoms with Crippen molar-refractivity contribution in [2.75, 3.05) is 25.4 Å². The topological polar surface area (TPSA) is 131 Å². The number of hydrazone groups is 1. The fraction of sp³-hybridized carbons (Fsp3) is 0.381. The predicted octanol–water partition coefficient (Wildman–Crippen LogP) is 2.87. The van der Waals surface area contributed by atoms with Crippen LogP contribution < -0.4 is 22.7 Å². The van der Waals surface area contributed by atoms with E-state index in [1.165, 1.54) is 22.0 Å². The zero-order valence-corrected chi connectivity index (χ0v) is 18.4. The monoisotopic (exact) mass is 444 g/mol. The Morgan fingerprint density at radius 1 is 1.42 bits per heavy atom. The van der Waals surface area contributed by atoms with E-state index >= 15 is 0 Å². The molecule has 10 heteroatoms. The zero-order valence-electron chi connectivity index (χ0n) is 17.6. The highest BCUT2D eigenvalue weighted by atomic mass is 32.1. The molecule has 0 saturated carbocycles. The van der Waals surface area contributed by atoms with Gasteiger partial charge in [-0.3, -0.25) is 5.01 Å². The van der Waals surface area contributed by atoms with Gasteiger partial charge in [0.15, 0.2) is 17.3 Å². The molecule has 0 aliphatic carbocycles. The van der Waals surface area contributed by atoms with Crippen molar-refractivity contribution in [2.24, 2.45) is 16.8 Å². The van der Waals surface area contributed by atoms with E-state index in [9.17, 15) is 4.39 Å². The number of piperidine rings is 1. The van der Waals surface area contributed by atoms with Crippen LogP contribution >= 0.6 is 11.3 Å². The second-order valence-electron chi connectivity index (χ2n) is 7.26. The average Bonchev–Trinajstić information content (AvgIpc) is 3.29. The molecule has 3 rings (SSSR count). The Kier molecular flexibility index (Phi) is 8.10. The molecule has 7 N–H and O–H groups in total. The molecule has 31 heavy (non-hydrogen) atoms. The maximum atomic E-state index is 13.8. The normalized spacial score (nSPS) is 16.2. The summed E-state index contributed by atoms with van der Waals surface area (Å²) in [4.78, 5) is 10.2. The second kappa shape index (κ2) is 11.0. The van der Waals surface area contributed by atoms with Crippen LogP contribution in [-0.4, -0.2) is 40.4 Å². The van der Waals surface area contributed by atoms with Gasteiger partial charge in [-0.2, -0.15) is 5.10 Å². The molecule has 2 aromatic heterocycles. The smallest absolute Gasteiger partial charge is 0.192 e. The summed E-state index contributed by atoms with van der Waals surface area (Å²) >= 11 is 1.73. The Morgan fingerprint density at radius 2 is 2.19 bits per heavy atom. The van der Waals surface area contributed by atoms with Crippen LogP contribution in [0, 0.1) is 0 Å². The zero-order chi connectivity index (χ0) is 22.2. The van der Waals surface area contributed by atoms with Crippen molar-refractivity contribution < 1.29 is 4.39 Å². The molecular formula is C21H29FN8S. The van der Waals surface area contributed by atoms with Crippen LogP contribution in [0.15, 0.2) is 46.8 Å². The number of amidine groups is 1. The first kappa shape index (κ1) is 22.9. The molecule has 1 aliphatic rings. The summed E-state index contributed by atoms with van der Waals surface area (Å²) in [6, 6.07) is 2.16. The third-order valence-corrected chi connectivity index (χ3v) is 6.15. The lowest BCUT2D eigenvalue weighted by molar-refractivity contribution is 0.465. The Bertz CT molecular complexity index is 962. The number of nitrogen functional groups attached to an aromatic ring is 1. The number of nitrogens with two attached hydrogens (primary N) is 3. The SMILES string of the molecule is CC/C=C\C(F)=C/CN(N)/C(=N\N)c1nc(-c2csc(C3CCNCC3)c2)cnc1N. The molecule has 3 heterocycles. The molecule has 166 valence electrons. The Balaban J connectivity index is 1.81. The average molecular weight is 445 g/mol. The van der Waals surface area contributed by atoms with Crippen molar-refractivity contribution >= 4 is 23.0 Å². The number of halogens is 1. The molecule has 0 unspecified atom stereocenters. The van der Waals surface area contributed by atoms with Crippen molar-refractivity contribution in [3.8, 4) is 11.3 Å². The van der Waals surface area contributed by atoms with E-state index < -0.39 is 5.83 Å². The van der Waals surface area contributed by atoms with Gasteiger partial charge in [0, 0.05) is 15.8 Å². The molecule has 1 fully saturated rings. The van der Waals surface area contributed by atoms with E-state index in [4.69, 9.17) is 17.4 Å². The van der Waals surface area contributed by atoms with Gasteiger partial charge in [-0.15, -0.1) is 11.3 Å². The van der Waals surface area contributed by atoms with Gasteiger partial charge in [-0.25, -0.2) is 20.2 Å². The molecule has 0 aromatic carbocycles. The summed E-state index contributed by atoms with van der Waals surface area (Å²) in [7, 11) is 0. The van der Waals surface area contributed by atoms with Crippen molar-refractivity contribution in [3.05, 3.63) is 52.3 Å². The Hall–Kier alpha value is -2.82. The van der Waals surface area contributed by atoms with Crippen LogP contribution in [0.4, 0.5) is 10.2 Å². The Labute approximate surface area is 185 Å². The van der Waals surface area contributed by atoms with Crippen molar-refractivity contribution in [3.63, 3.8) is 0 Å². The van der Waals surface area contributed by atoms with Crippen LogP contribution in [0.2, 0.25) is 0 Å². The van der Waals surface area contributed by atoms with Crippen LogP contribution in [0.3, 0.4) is 0 Å². The fourth-order valence-electron chi connectivity index (χ4n) is 3.35. The van der Waals surface area contributed by atoms with Crippen LogP contribution in [-0.2, 0) is 0 Å². The fourth-order valence-corrected chi connectivity index (χ4v) is 4.43. The summed E-state index contributed by atoms with van der Waals surface area (Å²) in [5, 5.41) is 10.4. The second-order valence-corrected chi connectivity index (χ2v) is 8.20. The standard InChI is InChI=1S/C21H29FN8S/c1-2-3-4-16(22)7-10-30(25)21(29-24)19-20(23)27-12-17(28-19)15-11-18(31-13-15)14-5-8-26-9-6-14/h3-4,7,11-14,26H,2,5-6,8-10,24-25H2,1H3,(H2,23,27)/b4-3-,16-7+,29-21-. The first-order valence-electron chi connectivity index (χ1n) is 10.3. The quantitative estimate of drug-likeness (QED) is 0.170. The third kappa shape index (κ3) is 5.87. The molecule has 8 nitrogen and oxygen atoms in total. The minimum atomic E-state index is -0.398. The van der Waals surface area contributed by atoms with Gasteiger partial charge in [0.05, 0.1) is 18.4 Å². The maximum absolute atomic E-state index is 13.8. The van der Waals surface area contributed by atoms with E-state index in [1.807, 2.05) is 6.92 Å². The number of anilines is 1. The van der Waals surface area contributed by atoms with Gasteiger partial charge in [0.2, 0.25) is 0 Å². The number of allylic oxidation sites excluding steroid dienone is 3. The lowest BCUT2D eigenvalue weighted by Crippen LogP contribution is -2.40. The number of aromatic nitrogens is 2. The maximum Gasteiger partial charge on any atom is 0.192 e. The number of hydrogen-bond donors (Lipinski definition) is 4. The number of hydrazine groups is 1. The number of nitrogens with one attached hydrogen (secondary N) is 1. The van der Waals surface area contributed by atoms with Gasteiger partial charge in [-0.05, 0) is 56.5 Å². The van der Waals surface area contributed by atoms with E-state index in [0.29, 0.717) is 11.6 Å². The highest BCUT2D eigenvalue weighted by Crippen LogP contribution is 2.34. The van der Waals surface area contributed by atoms with E-state index in [0.717, 1.165) is 37.9 Å². The van der Waals surface area contributed by atoms with Crippen molar-refractivity contribution in [1.82, 2.24) is 20.3 Å². The Morgan fingerprint density at radius 3 is 2.90 bits per heavy atom. The van der Waals surface area contributed by atoms with Crippen LogP contribution in [0.5, 0.6) is 0 Å². The van der Waals surface area contributed by atoms with Crippen molar-refractivity contribution in [2.45, 2.75) is 32.1 Å². The first-order chi connectivity index (χ1) is 15.0. The largest absolute Gasteiger partial charge is 0.382 e. The van der Waals surface area contributed by atoms with E-state index in [1.54, 1.807) is 23.6 Å². The molecule has 0 amide bonds. The first-order valence-corrected chi connectivity index (χ1v) is 11.2. The van der Waals surface area contributed by atoms with Crippen molar-refractivity contribution in [1.29, 1.82) is 0 Å². The third-order valence-electron chi connectivity index (χ3n) is 5.06. The van der Waals surface area contributed by atoms with Gasteiger partial charge in [0.1, 0.15) is 5.83 Å². The molecule has 0 bridgehead atoms. The number of thiophene rings is 1. The predicted molar refractivity (Wildman–Crippen MR) is 125 cm³/mol. The van der Waals surface area contributed by atoms with Gasteiger partial charge >= 0.3 is 0 Å². The molecule has 1 saturated heterocycles. The molecule has 0 spiro atoms. The molecule has 0 atom stereocenters.